The van der Waals surface area contributed by atoms with Crippen LogP contribution in [0.4, 0.5) is 5.69 Å². The summed E-state index contributed by atoms with van der Waals surface area (Å²) >= 11 is 0. The lowest BCUT2D eigenvalue weighted by molar-refractivity contribution is -0.130. The van der Waals surface area contributed by atoms with Gasteiger partial charge in [0.25, 0.3) is 0 Å². The number of aromatic nitrogens is 2. The predicted octanol–water partition coefficient (Wildman–Crippen LogP) is 1.15. The van der Waals surface area contributed by atoms with E-state index in [1.807, 2.05) is 32.0 Å². The van der Waals surface area contributed by atoms with Crippen LogP contribution in [0.1, 0.15) is 25.5 Å². The maximum Gasteiger partial charge on any atom is 0.244 e. The molecule has 0 radical (unpaired) electrons. The first-order valence-corrected chi connectivity index (χ1v) is 6.13. The summed E-state index contributed by atoms with van der Waals surface area (Å²) in [5, 5.41) is 7.48. The van der Waals surface area contributed by atoms with Gasteiger partial charge in [-0.2, -0.15) is 5.10 Å². The maximum absolute atomic E-state index is 12.1. The standard InChI is InChI=1S/C12H20N4O/c1-9-11(8-15(3)14-9)13-10(2)12(17)16-6-4-5-7-16/h8,10,13H,4-7H2,1-3H3. The second-order valence-electron chi connectivity index (χ2n) is 4.70. The number of nitrogens with one attached hydrogen (secondary N) is 1. The third kappa shape index (κ3) is 2.60. The molecule has 0 spiro atoms. The van der Waals surface area contributed by atoms with E-state index in [1.165, 1.54) is 0 Å². The number of hydrogen-bond donors (Lipinski definition) is 1. The largest absolute Gasteiger partial charge is 0.371 e. The zero-order chi connectivity index (χ0) is 12.4. The number of carbonyl (C=O) groups excluding carboxylic acids is 1. The first-order valence-electron chi connectivity index (χ1n) is 6.13. The minimum absolute atomic E-state index is 0.184. The summed E-state index contributed by atoms with van der Waals surface area (Å²) in [5.41, 5.74) is 1.86. The number of aryl methyl sites for hydroxylation is 2. The van der Waals surface area contributed by atoms with Crippen molar-refractivity contribution in [3.05, 3.63) is 11.9 Å². The number of amides is 1. The molecule has 1 saturated heterocycles. The van der Waals surface area contributed by atoms with Crippen LogP contribution in [0.2, 0.25) is 0 Å². The Morgan fingerprint density at radius 1 is 1.47 bits per heavy atom. The zero-order valence-electron chi connectivity index (χ0n) is 10.7. The first-order chi connectivity index (χ1) is 8.08. The molecule has 5 nitrogen and oxygen atoms in total. The van der Waals surface area contributed by atoms with Crippen LogP contribution < -0.4 is 5.32 Å². The molecule has 1 aliphatic rings. The molecule has 5 heteroatoms. The number of anilines is 1. The fourth-order valence-corrected chi connectivity index (χ4v) is 2.25. The van der Waals surface area contributed by atoms with Gasteiger partial charge in [0.1, 0.15) is 6.04 Å². The fraction of sp³-hybridized carbons (Fsp3) is 0.667. The van der Waals surface area contributed by atoms with Crippen LogP contribution in [0, 0.1) is 6.92 Å². The van der Waals surface area contributed by atoms with Gasteiger partial charge in [-0.15, -0.1) is 0 Å². The molecule has 1 aromatic heterocycles. The van der Waals surface area contributed by atoms with Gasteiger partial charge in [0, 0.05) is 26.3 Å². The van der Waals surface area contributed by atoms with Crippen LogP contribution in [0.3, 0.4) is 0 Å². The monoisotopic (exact) mass is 236 g/mol. The number of rotatable bonds is 3. The summed E-state index contributed by atoms with van der Waals surface area (Å²) in [6, 6.07) is -0.184. The topological polar surface area (TPSA) is 50.2 Å². The molecule has 0 aliphatic carbocycles. The molecule has 0 bridgehead atoms. The van der Waals surface area contributed by atoms with E-state index in [2.05, 4.69) is 10.4 Å². The Balaban J connectivity index is 1.98. The summed E-state index contributed by atoms with van der Waals surface area (Å²) in [6.07, 6.45) is 4.16. The Hall–Kier alpha value is -1.52. The fourth-order valence-electron chi connectivity index (χ4n) is 2.25. The molecule has 2 rings (SSSR count). The third-order valence-corrected chi connectivity index (χ3v) is 3.17. The molecule has 1 atom stereocenters. The van der Waals surface area contributed by atoms with Gasteiger partial charge in [-0.1, -0.05) is 0 Å². The normalized spacial score (nSPS) is 17.2. The van der Waals surface area contributed by atoms with E-state index in [0.717, 1.165) is 37.3 Å². The summed E-state index contributed by atoms with van der Waals surface area (Å²) < 4.78 is 1.75. The molecule has 1 aliphatic heterocycles. The van der Waals surface area contributed by atoms with Crippen molar-refractivity contribution >= 4 is 11.6 Å². The van der Waals surface area contributed by atoms with E-state index >= 15 is 0 Å². The maximum atomic E-state index is 12.1. The van der Waals surface area contributed by atoms with Gasteiger partial charge in [0.05, 0.1) is 11.4 Å². The van der Waals surface area contributed by atoms with Crippen molar-refractivity contribution in [3.8, 4) is 0 Å². The van der Waals surface area contributed by atoms with Gasteiger partial charge < -0.3 is 10.2 Å². The Kier molecular flexibility index (Phi) is 3.36. The summed E-state index contributed by atoms with van der Waals surface area (Å²) in [6.45, 7) is 5.65. The molecule has 1 aromatic rings. The molecule has 17 heavy (non-hydrogen) atoms. The number of carbonyl (C=O) groups is 1. The van der Waals surface area contributed by atoms with Crippen LogP contribution in [0.25, 0.3) is 0 Å². The van der Waals surface area contributed by atoms with E-state index in [-0.39, 0.29) is 11.9 Å². The van der Waals surface area contributed by atoms with E-state index < -0.39 is 0 Å². The Morgan fingerprint density at radius 3 is 2.65 bits per heavy atom. The highest BCUT2D eigenvalue weighted by Crippen LogP contribution is 2.15. The Bertz CT molecular complexity index is 407. The van der Waals surface area contributed by atoms with Crippen molar-refractivity contribution in [1.29, 1.82) is 0 Å². The van der Waals surface area contributed by atoms with Crippen LogP contribution in [0.15, 0.2) is 6.20 Å². The lowest BCUT2D eigenvalue weighted by Gasteiger charge is -2.21. The van der Waals surface area contributed by atoms with Crippen LogP contribution in [0.5, 0.6) is 0 Å². The van der Waals surface area contributed by atoms with E-state index in [0.29, 0.717) is 0 Å². The van der Waals surface area contributed by atoms with Crippen LogP contribution in [-0.2, 0) is 11.8 Å². The molecule has 1 amide bonds. The summed E-state index contributed by atoms with van der Waals surface area (Å²) in [5.74, 6) is 0.186. The molecular weight excluding hydrogens is 216 g/mol. The lowest BCUT2D eigenvalue weighted by atomic mass is 10.2. The quantitative estimate of drug-likeness (QED) is 0.856. The van der Waals surface area contributed by atoms with Crippen molar-refractivity contribution < 1.29 is 4.79 Å². The van der Waals surface area contributed by atoms with E-state index in [9.17, 15) is 4.79 Å². The second kappa shape index (κ2) is 4.77. The third-order valence-electron chi connectivity index (χ3n) is 3.17. The molecule has 2 heterocycles. The smallest absolute Gasteiger partial charge is 0.244 e. The number of nitrogens with zero attached hydrogens (tertiary/aromatic N) is 3. The minimum Gasteiger partial charge on any atom is -0.371 e. The van der Waals surface area contributed by atoms with Gasteiger partial charge >= 0.3 is 0 Å². The van der Waals surface area contributed by atoms with E-state index in [4.69, 9.17) is 0 Å². The molecule has 0 saturated carbocycles. The highest BCUT2D eigenvalue weighted by molar-refractivity contribution is 5.84. The second-order valence-corrected chi connectivity index (χ2v) is 4.70. The van der Waals surface area contributed by atoms with Gasteiger partial charge in [-0.05, 0) is 26.7 Å². The van der Waals surface area contributed by atoms with Gasteiger partial charge in [0.2, 0.25) is 5.91 Å². The average Bonchev–Trinajstić information content (AvgIpc) is 2.88. The molecule has 1 unspecified atom stereocenters. The molecule has 0 aromatic carbocycles. The molecule has 1 N–H and O–H groups in total. The lowest BCUT2D eigenvalue weighted by Crippen LogP contribution is -2.39. The van der Waals surface area contributed by atoms with Crippen molar-refractivity contribution in [2.45, 2.75) is 32.7 Å². The minimum atomic E-state index is -0.184. The Labute approximate surface area is 102 Å². The van der Waals surface area contributed by atoms with Gasteiger partial charge in [0.15, 0.2) is 0 Å². The summed E-state index contributed by atoms with van der Waals surface area (Å²) in [4.78, 5) is 14.0. The summed E-state index contributed by atoms with van der Waals surface area (Å²) in [7, 11) is 1.88. The van der Waals surface area contributed by atoms with Crippen molar-refractivity contribution in [3.63, 3.8) is 0 Å². The van der Waals surface area contributed by atoms with Crippen molar-refractivity contribution in [2.75, 3.05) is 18.4 Å². The van der Waals surface area contributed by atoms with Gasteiger partial charge in [-0.25, -0.2) is 0 Å². The van der Waals surface area contributed by atoms with Crippen molar-refractivity contribution in [2.24, 2.45) is 7.05 Å². The van der Waals surface area contributed by atoms with Crippen molar-refractivity contribution in [1.82, 2.24) is 14.7 Å². The number of hydrogen-bond acceptors (Lipinski definition) is 3. The highest BCUT2D eigenvalue weighted by atomic mass is 16.2. The SMILES string of the molecule is Cc1nn(C)cc1NC(C)C(=O)N1CCCC1. The molecule has 1 fully saturated rings. The Morgan fingerprint density at radius 2 is 2.12 bits per heavy atom. The first kappa shape index (κ1) is 12.0. The highest BCUT2D eigenvalue weighted by Gasteiger charge is 2.23. The number of likely N-dealkylation sites (tertiary alicyclic amines) is 1. The van der Waals surface area contributed by atoms with Crippen LogP contribution >= 0.6 is 0 Å². The van der Waals surface area contributed by atoms with Crippen LogP contribution in [-0.4, -0.2) is 39.7 Å². The van der Waals surface area contributed by atoms with E-state index in [1.54, 1.807) is 4.68 Å². The molecule has 94 valence electrons. The predicted molar refractivity (Wildman–Crippen MR) is 66.8 cm³/mol. The zero-order valence-corrected chi connectivity index (χ0v) is 10.7. The average molecular weight is 236 g/mol. The molecular formula is C12H20N4O. The van der Waals surface area contributed by atoms with Gasteiger partial charge in [-0.3, -0.25) is 9.48 Å².